The highest BCUT2D eigenvalue weighted by molar-refractivity contribution is 6.25. The van der Waals surface area contributed by atoms with Crippen LogP contribution in [0.15, 0.2) is 54.9 Å². The van der Waals surface area contributed by atoms with E-state index in [1.807, 2.05) is 36.4 Å². The molecule has 2 heterocycles. The molecule has 2 aromatic heterocycles. The molecule has 0 radical (unpaired) electrons. The zero-order chi connectivity index (χ0) is 16.4. The molecule has 0 aliphatic carbocycles. The molecule has 6 heteroatoms. The fraction of sp³-hybridized carbons (Fsp3) is 0. The molecule has 2 amide bonds. The van der Waals surface area contributed by atoms with Crippen LogP contribution >= 0.6 is 0 Å². The Hall–Kier alpha value is -3.41. The molecule has 6 nitrogen and oxygen atoms in total. The molecule has 23 heavy (non-hydrogen) atoms. The molecule has 0 saturated heterocycles. The van der Waals surface area contributed by atoms with Crippen LogP contribution in [0.4, 0.5) is 0 Å². The summed E-state index contributed by atoms with van der Waals surface area (Å²) in [7, 11) is 0. The SMILES string of the molecule is NC(=O)/C=C(\C(N)=O)c1c[nH]c2ncc(-c3ccccc3)cc12. The van der Waals surface area contributed by atoms with Crippen molar-refractivity contribution in [1.82, 2.24) is 9.97 Å². The quantitative estimate of drug-likeness (QED) is 0.635. The Morgan fingerprint density at radius 3 is 2.48 bits per heavy atom. The van der Waals surface area contributed by atoms with Crippen LogP contribution in [-0.4, -0.2) is 21.8 Å². The normalized spacial score (nSPS) is 11.6. The third kappa shape index (κ3) is 2.82. The molecule has 1 aromatic carbocycles. The number of aromatic nitrogens is 2. The lowest BCUT2D eigenvalue weighted by Gasteiger charge is -2.04. The lowest BCUT2D eigenvalue weighted by Crippen LogP contribution is -2.16. The Labute approximate surface area is 131 Å². The molecule has 3 rings (SSSR count). The number of benzene rings is 1. The summed E-state index contributed by atoms with van der Waals surface area (Å²) < 4.78 is 0. The van der Waals surface area contributed by atoms with Gasteiger partial charge in [0.1, 0.15) is 5.65 Å². The van der Waals surface area contributed by atoms with Gasteiger partial charge in [0.05, 0.1) is 5.57 Å². The number of amides is 2. The second-order valence-corrected chi connectivity index (χ2v) is 5.01. The van der Waals surface area contributed by atoms with Gasteiger partial charge in [0.15, 0.2) is 0 Å². The minimum absolute atomic E-state index is 0.0516. The second-order valence-electron chi connectivity index (χ2n) is 5.01. The molecular formula is C17H14N4O2. The van der Waals surface area contributed by atoms with E-state index >= 15 is 0 Å². The average Bonchev–Trinajstić information content (AvgIpc) is 2.96. The van der Waals surface area contributed by atoms with Gasteiger partial charge in [-0.05, 0) is 11.6 Å². The van der Waals surface area contributed by atoms with Crippen LogP contribution in [-0.2, 0) is 9.59 Å². The minimum atomic E-state index is -0.736. The number of nitrogens with zero attached hydrogens (tertiary/aromatic N) is 1. The zero-order valence-corrected chi connectivity index (χ0v) is 12.1. The highest BCUT2D eigenvalue weighted by Crippen LogP contribution is 2.28. The van der Waals surface area contributed by atoms with E-state index in [2.05, 4.69) is 9.97 Å². The van der Waals surface area contributed by atoms with Gasteiger partial charge in [0.2, 0.25) is 11.8 Å². The smallest absolute Gasteiger partial charge is 0.249 e. The maximum Gasteiger partial charge on any atom is 0.249 e. The molecule has 0 saturated carbocycles. The van der Waals surface area contributed by atoms with Crippen molar-refractivity contribution in [2.75, 3.05) is 0 Å². The summed E-state index contributed by atoms with van der Waals surface area (Å²) in [6.07, 6.45) is 4.35. The van der Waals surface area contributed by atoms with Crippen LogP contribution in [0.25, 0.3) is 27.7 Å². The molecule has 5 N–H and O–H groups in total. The molecule has 114 valence electrons. The largest absolute Gasteiger partial charge is 0.366 e. The molecule has 0 atom stereocenters. The van der Waals surface area contributed by atoms with Crippen molar-refractivity contribution in [3.63, 3.8) is 0 Å². The summed E-state index contributed by atoms with van der Waals surface area (Å²) in [5.41, 5.74) is 13.5. The number of pyridine rings is 1. The van der Waals surface area contributed by atoms with Crippen molar-refractivity contribution in [1.29, 1.82) is 0 Å². The summed E-state index contributed by atoms with van der Waals surface area (Å²) in [6, 6.07) is 11.6. The van der Waals surface area contributed by atoms with E-state index in [-0.39, 0.29) is 5.57 Å². The lowest BCUT2D eigenvalue weighted by atomic mass is 10.0. The first-order valence-corrected chi connectivity index (χ1v) is 6.90. The average molecular weight is 306 g/mol. The molecule has 0 aliphatic rings. The predicted octanol–water partition coefficient (Wildman–Crippen LogP) is 1.58. The van der Waals surface area contributed by atoms with Gasteiger partial charge in [-0.1, -0.05) is 30.3 Å². The first kappa shape index (κ1) is 14.5. The van der Waals surface area contributed by atoms with E-state index in [1.165, 1.54) is 0 Å². The van der Waals surface area contributed by atoms with Gasteiger partial charge in [-0.2, -0.15) is 0 Å². The Morgan fingerprint density at radius 2 is 1.83 bits per heavy atom. The van der Waals surface area contributed by atoms with Crippen molar-refractivity contribution >= 4 is 28.4 Å². The van der Waals surface area contributed by atoms with E-state index in [4.69, 9.17) is 11.5 Å². The van der Waals surface area contributed by atoms with Gasteiger partial charge in [0, 0.05) is 35.0 Å². The summed E-state index contributed by atoms with van der Waals surface area (Å²) in [5, 5.41) is 0.692. The highest BCUT2D eigenvalue weighted by Gasteiger charge is 2.15. The van der Waals surface area contributed by atoms with Crippen LogP contribution in [0.1, 0.15) is 5.56 Å². The molecule has 0 fully saturated rings. The van der Waals surface area contributed by atoms with Crippen LogP contribution in [0.3, 0.4) is 0 Å². The topological polar surface area (TPSA) is 115 Å². The predicted molar refractivity (Wildman–Crippen MR) is 87.9 cm³/mol. The Morgan fingerprint density at radius 1 is 1.09 bits per heavy atom. The molecule has 0 spiro atoms. The summed E-state index contributed by atoms with van der Waals surface area (Å²) in [4.78, 5) is 30.1. The van der Waals surface area contributed by atoms with Crippen molar-refractivity contribution in [3.05, 3.63) is 60.4 Å². The summed E-state index contributed by atoms with van der Waals surface area (Å²) in [5.74, 6) is -1.46. The van der Waals surface area contributed by atoms with Gasteiger partial charge in [-0.15, -0.1) is 0 Å². The van der Waals surface area contributed by atoms with Crippen molar-refractivity contribution in [3.8, 4) is 11.1 Å². The standard InChI is InChI=1S/C17H14N4O2/c18-15(22)7-12(16(19)23)14-9-21-17-13(14)6-11(8-20-17)10-4-2-1-3-5-10/h1-9H,(H2,18,22)(H2,19,23)(H,20,21)/b12-7-. The fourth-order valence-electron chi connectivity index (χ4n) is 2.44. The van der Waals surface area contributed by atoms with Crippen molar-refractivity contribution < 1.29 is 9.59 Å². The maximum atomic E-state index is 11.6. The highest BCUT2D eigenvalue weighted by atomic mass is 16.1. The number of rotatable bonds is 4. The Kier molecular flexibility index (Phi) is 3.64. The van der Waals surface area contributed by atoms with Gasteiger partial charge >= 0.3 is 0 Å². The van der Waals surface area contributed by atoms with E-state index in [1.54, 1.807) is 12.4 Å². The van der Waals surface area contributed by atoms with Crippen molar-refractivity contribution in [2.24, 2.45) is 11.5 Å². The monoisotopic (exact) mass is 306 g/mol. The van der Waals surface area contributed by atoms with Gasteiger partial charge < -0.3 is 16.5 Å². The van der Waals surface area contributed by atoms with Gasteiger partial charge in [0.25, 0.3) is 0 Å². The zero-order valence-electron chi connectivity index (χ0n) is 12.1. The Balaban J connectivity index is 2.19. The van der Waals surface area contributed by atoms with Crippen LogP contribution in [0.2, 0.25) is 0 Å². The maximum absolute atomic E-state index is 11.6. The molecule has 0 aliphatic heterocycles. The van der Waals surface area contributed by atoms with Crippen molar-refractivity contribution in [2.45, 2.75) is 0 Å². The third-order valence-electron chi connectivity index (χ3n) is 3.48. The summed E-state index contributed by atoms with van der Waals surface area (Å²) in [6.45, 7) is 0. The van der Waals surface area contributed by atoms with E-state index < -0.39 is 11.8 Å². The Bertz CT molecular complexity index is 926. The number of primary amides is 2. The van der Waals surface area contributed by atoms with E-state index in [9.17, 15) is 9.59 Å². The van der Waals surface area contributed by atoms with Gasteiger partial charge in [-0.3, -0.25) is 9.59 Å². The molecule has 3 aromatic rings. The number of carbonyl (C=O) groups is 2. The minimum Gasteiger partial charge on any atom is -0.366 e. The first-order chi connectivity index (χ1) is 11.1. The van der Waals surface area contributed by atoms with Crippen LogP contribution in [0, 0.1) is 0 Å². The molecular weight excluding hydrogens is 292 g/mol. The number of H-pyrrole nitrogens is 1. The van der Waals surface area contributed by atoms with Gasteiger partial charge in [-0.25, -0.2) is 4.98 Å². The third-order valence-corrected chi connectivity index (χ3v) is 3.48. The van der Waals surface area contributed by atoms with Crippen LogP contribution in [0.5, 0.6) is 0 Å². The number of carbonyl (C=O) groups excluding carboxylic acids is 2. The van der Waals surface area contributed by atoms with Crippen LogP contribution < -0.4 is 11.5 Å². The molecule has 0 bridgehead atoms. The number of fused-ring (bicyclic) bond motifs is 1. The number of hydrogen-bond acceptors (Lipinski definition) is 3. The fourth-order valence-corrected chi connectivity index (χ4v) is 2.44. The molecule has 0 unspecified atom stereocenters. The summed E-state index contributed by atoms with van der Waals surface area (Å²) >= 11 is 0. The lowest BCUT2D eigenvalue weighted by molar-refractivity contribution is -0.115. The number of aromatic amines is 1. The number of nitrogens with two attached hydrogens (primary N) is 2. The van der Waals surface area contributed by atoms with E-state index in [0.717, 1.165) is 17.2 Å². The van der Waals surface area contributed by atoms with E-state index in [0.29, 0.717) is 16.6 Å². The number of nitrogens with one attached hydrogen (secondary N) is 1. The first-order valence-electron chi connectivity index (χ1n) is 6.90. The second kappa shape index (κ2) is 5.76. The number of hydrogen-bond donors (Lipinski definition) is 3.